The summed E-state index contributed by atoms with van der Waals surface area (Å²) in [5.74, 6) is 1.21. The summed E-state index contributed by atoms with van der Waals surface area (Å²) in [4.78, 5) is 15.3. The van der Waals surface area contributed by atoms with E-state index in [2.05, 4.69) is 42.6 Å². The SMILES string of the molecule is CCC(C)N(CCC(=O)Nc1cc(OC(F)F)ccc1/C=C\c1cc(OC)c(OC)c(OC)c1)C(C)CC. The molecule has 0 heterocycles. The molecule has 2 rings (SSSR count). The molecule has 2 aromatic rings. The van der Waals surface area contributed by atoms with Gasteiger partial charge < -0.3 is 24.3 Å². The Morgan fingerprint density at radius 1 is 0.947 bits per heavy atom. The lowest BCUT2D eigenvalue weighted by molar-refractivity contribution is -0.116. The number of rotatable bonds is 15. The fraction of sp³-hybridized carbons (Fsp3) is 0.483. The van der Waals surface area contributed by atoms with Gasteiger partial charge in [-0.25, -0.2) is 0 Å². The van der Waals surface area contributed by atoms with Crippen LogP contribution in [0.25, 0.3) is 12.2 Å². The zero-order chi connectivity index (χ0) is 28.2. The summed E-state index contributed by atoms with van der Waals surface area (Å²) in [5, 5.41) is 2.88. The molecule has 9 heteroatoms. The predicted octanol–water partition coefficient (Wildman–Crippen LogP) is 6.71. The zero-order valence-corrected chi connectivity index (χ0v) is 23.3. The lowest BCUT2D eigenvalue weighted by atomic mass is 10.1. The minimum atomic E-state index is -2.97. The minimum Gasteiger partial charge on any atom is -0.493 e. The molecule has 0 aromatic heterocycles. The molecule has 0 aliphatic carbocycles. The predicted molar refractivity (Wildman–Crippen MR) is 148 cm³/mol. The molecule has 2 aromatic carbocycles. The topological polar surface area (TPSA) is 69.3 Å². The van der Waals surface area contributed by atoms with Crippen molar-refractivity contribution in [1.29, 1.82) is 0 Å². The van der Waals surface area contributed by atoms with Crippen molar-refractivity contribution in [2.75, 3.05) is 33.2 Å². The van der Waals surface area contributed by atoms with Gasteiger partial charge in [0.2, 0.25) is 11.7 Å². The van der Waals surface area contributed by atoms with Gasteiger partial charge in [0, 0.05) is 31.1 Å². The van der Waals surface area contributed by atoms with Gasteiger partial charge in [-0.2, -0.15) is 8.78 Å². The van der Waals surface area contributed by atoms with Gasteiger partial charge >= 0.3 is 6.61 Å². The van der Waals surface area contributed by atoms with E-state index in [1.54, 1.807) is 30.4 Å². The molecule has 0 saturated carbocycles. The Bertz CT molecular complexity index is 1040. The summed E-state index contributed by atoms with van der Waals surface area (Å²) >= 11 is 0. The molecule has 0 radical (unpaired) electrons. The highest BCUT2D eigenvalue weighted by molar-refractivity contribution is 5.94. The van der Waals surface area contributed by atoms with Gasteiger partial charge in [0.25, 0.3) is 0 Å². The summed E-state index contributed by atoms with van der Waals surface area (Å²) in [5.41, 5.74) is 1.74. The smallest absolute Gasteiger partial charge is 0.387 e. The van der Waals surface area contributed by atoms with Crippen molar-refractivity contribution in [3.63, 3.8) is 0 Å². The Hall–Kier alpha value is -3.33. The number of carbonyl (C=O) groups is 1. The summed E-state index contributed by atoms with van der Waals surface area (Å²) < 4.78 is 46.5. The zero-order valence-electron chi connectivity index (χ0n) is 23.3. The monoisotopic (exact) mass is 534 g/mol. The maximum Gasteiger partial charge on any atom is 0.387 e. The van der Waals surface area contributed by atoms with E-state index in [-0.39, 0.29) is 18.1 Å². The second-order valence-corrected chi connectivity index (χ2v) is 8.97. The van der Waals surface area contributed by atoms with Gasteiger partial charge in [0.15, 0.2) is 11.5 Å². The summed E-state index contributed by atoms with van der Waals surface area (Å²) in [7, 11) is 4.59. The maximum atomic E-state index is 12.9. The largest absolute Gasteiger partial charge is 0.493 e. The number of carbonyl (C=O) groups excluding carboxylic acids is 1. The van der Waals surface area contributed by atoms with Crippen LogP contribution in [0.4, 0.5) is 14.5 Å². The number of ether oxygens (including phenoxy) is 4. The number of alkyl halides is 2. The molecule has 38 heavy (non-hydrogen) atoms. The molecule has 0 spiro atoms. The van der Waals surface area contributed by atoms with Crippen molar-refractivity contribution < 1.29 is 32.5 Å². The van der Waals surface area contributed by atoms with Crippen LogP contribution in [0.15, 0.2) is 30.3 Å². The van der Waals surface area contributed by atoms with Crippen molar-refractivity contribution in [3.05, 3.63) is 41.5 Å². The van der Waals surface area contributed by atoms with Gasteiger partial charge in [-0.1, -0.05) is 26.0 Å². The Morgan fingerprint density at radius 3 is 2.05 bits per heavy atom. The Kier molecular flexibility index (Phi) is 12.3. The van der Waals surface area contributed by atoms with Crippen LogP contribution in [0.1, 0.15) is 58.1 Å². The third-order valence-corrected chi connectivity index (χ3v) is 6.58. The molecule has 2 atom stereocenters. The molecule has 0 aliphatic rings. The first-order valence-electron chi connectivity index (χ1n) is 12.8. The van der Waals surface area contributed by atoms with Gasteiger partial charge in [-0.05, 0) is 62.1 Å². The average molecular weight is 535 g/mol. The molecule has 1 N–H and O–H groups in total. The van der Waals surface area contributed by atoms with E-state index < -0.39 is 6.61 Å². The fourth-order valence-corrected chi connectivity index (χ4v) is 4.14. The number of hydrogen-bond donors (Lipinski definition) is 1. The molecular formula is C29H40F2N2O5. The van der Waals surface area contributed by atoms with Gasteiger partial charge in [0.1, 0.15) is 5.75 Å². The van der Waals surface area contributed by atoms with E-state index in [1.807, 2.05) is 0 Å². The van der Waals surface area contributed by atoms with Crippen LogP contribution >= 0.6 is 0 Å². The van der Waals surface area contributed by atoms with Gasteiger partial charge in [0.05, 0.1) is 27.0 Å². The number of benzene rings is 2. The van der Waals surface area contributed by atoms with Crippen LogP contribution < -0.4 is 24.3 Å². The minimum absolute atomic E-state index is 0.0407. The molecule has 0 saturated heterocycles. The van der Waals surface area contributed by atoms with E-state index in [4.69, 9.17) is 14.2 Å². The first-order valence-corrected chi connectivity index (χ1v) is 12.8. The number of anilines is 1. The third kappa shape index (κ3) is 8.62. The fourth-order valence-electron chi connectivity index (χ4n) is 4.14. The van der Waals surface area contributed by atoms with Gasteiger partial charge in [-0.3, -0.25) is 9.69 Å². The van der Waals surface area contributed by atoms with Crippen LogP contribution in [-0.4, -0.2) is 57.4 Å². The van der Waals surface area contributed by atoms with E-state index in [0.29, 0.717) is 47.1 Å². The normalized spacial score (nSPS) is 13.0. The molecule has 0 fully saturated rings. The second-order valence-electron chi connectivity index (χ2n) is 8.97. The van der Waals surface area contributed by atoms with Crippen molar-refractivity contribution in [2.45, 2.75) is 65.7 Å². The highest BCUT2D eigenvalue weighted by Gasteiger charge is 2.19. The van der Waals surface area contributed by atoms with Gasteiger partial charge in [-0.15, -0.1) is 0 Å². The number of hydrogen-bond acceptors (Lipinski definition) is 6. The lowest BCUT2D eigenvalue weighted by Gasteiger charge is -2.33. The van der Waals surface area contributed by atoms with Crippen LogP contribution in [0.3, 0.4) is 0 Å². The molecule has 210 valence electrons. The van der Waals surface area contributed by atoms with Crippen LogP contribution in [0.5, 0.6) is 23.0 Å². The molecule has 7 nitrogen and oxygen atoms in total. The van der Waals surface area contributed by atoms with Crippen LogP contribution in [0.2, 0.25) is 0 Å². The van der Waals surface area contributed by atoms with Crippen molar-refractivity contribution in [3.8, 4) is 23.0 Å². The summed E-state index contributed by atoms with van der Waals surface area (Å²) in [6.07, 6.45) is 5.80. The number of halogens is 2. The molecule has 2 unspecified atom stereocenters. The van der Waals surface area contributed by atoms with E-state index in [1.165, 1.54) is 33.5 Å². The Morgan fingerprint density at radius 2 is 1.55 bits per heavy atom. The highest BCUT2D eigenvalue weighted by Crippen LogP contribution is 2.39. The first kappa shape index (κ1) is 30.9. The Balaban J connectivity index is 2.32. The average Bonchev–Trinajstić information content (AvgIpc) is 2.91. The molecular weight excluding hydrogens is 494 g/mol. The quantitative estimate of drug-likeness (QED) is 0.256. The maximum absolute atomic E-state index is 12.9. The van der Waals surface area contributed by atoms with Crippen LogP contribution in [-0.2, 0) is 4.79 Å². The number of methoxy groups -OCH3 is 3. The van der Waals surface area contributed by atoms with E-state index in [0.717, 1.165) is 18.4 Å². The summed E-state index contributed by atoms with van der Waals surface area (Å²) in [6, 6.07) is 8.71. The highest BCUT2D eigenvalue weighted by atomic mass is 19.3. The Labute approximate surface area is 224 Å². The standard InChI is InChI=1S/C29H40F2N2O5/c1-8-19(3)33(20(4)9-2)15-14-27(34)32-24-18-23(38-29(30)31)13-12-22(24)11-10-21-16-25(35-5)28(37-7)26(17-21)36-6/h10-13,16-20,29H,8-9,14-15H2,1-7H3,(H,32,34)/b11-10-. The number of nitrogens with one attached hydrogen (secondary N) is 1. The molecule has 0 aliphatic heterocycles. The van der Waals surface area contributed by atoms with Crippen molar-refractivity contribution in [2.24, 2.45) is 0 Å². The van der Waals surface area contributed by atoms with Crippen LogP contribution in [0, 0.1) is 0 Å². The number of amides is 1. The van der Waals surface area contributed by atoms with Crippen molar-refractivity contribution in [1.82, 2.24) is 4.90 Å². The second kappa shape index (κ2) is 15.2. The third-order valence-electron chi connectivity index (χ3n) is 6.58. The van der Waals surface area contributed by atoms with E-state index in [9.17, 15) is 13.6 Å². The number of nitrogens with zero attached hydrogens (tertiary/aromatic N) is 1. The van der Waals surface area contributed by atoms with Crippen molar-refractivity contribution >= 4 is 23.7 Å². The molecule has 0 bridgehead atoms. The molecule has 1 amide bonds. The van der Waals surface area contributed by atoms with E-state index >= 15 is 0 Å². The lowest BCUT2D eigenvalue weighted by Crippen LogP contribution is -2.41. The first-order chi connectivity index (χ1) is 18.2. The summed E-state index contributed by atoms with van der Waals surface area (Å²) in [6.45, 7) is 6.18.